The second kappa shape index (κ2) is 5.67. The number of likely N-dealkylation sites (tertiary alicyclic amines) is 1. The molecule has 0 bridgehead atoms. The molecule has 2 unspecified atom stereocenters. The number of hydrogen-bond donors (Lipinski definition) is 1. The number of carboxylic acid groups (broad SMARTS) is 1. The summed E-state index contributed by atoms with van der Waals surface area (Å²) >= 11 is 0. The molecule has 2 atom stereocenters. The highest BCUT2D eigenvalue weighted by Gasteiger charge is 2.33. The van der Waals surface area contributed by atoms with Crippen LogP contribution in [0.4, 0.5) is 9.18 Å². The Morgan fingerprint density at radius 2 is 2.25 bits per heavy atom. The number of carbonyl (C=O) groups is 2. The molecule has 6 heteroatoms. The average Bonchev–Trinajstić information content (AvgIpc) is 2.20. The van der Waals surface area contributed by atoms with Crippen molar-refractivity contribution in [3.63, 3.8) is 0 Å². The zero-order valence-corrected chi connectivity index (χ0v) is 9.19. The van der Waals surface area contributed by atoms with Crippen LogP contribution in [0.25, 0.3) is 0 Å². The molecule has 0 aromatic carbocycles. The lowest BCUT2D eigenvalue weighted by Gasteiger charge is -2.33. The molecule has 0 aromatic rings. The lowest BCUT2D eigenvalue weighted by atomic mass is 9.92. The van der Waals surface area contributed by atoms with Crippen LogP contribution in [0.2, 0.25) is 0 Å². The van der Waals surface area contributed by atoms with Gasteiger partial charge in [0, 0.05) is 12.5 Å². The Hall–Kier alpha value is -1.33. The summed E-state index contributed by atoms with van der Waals surface area (Å²) in [5, 5.41) is 8.57. The molecule has 1 aliphatic heterocycles. The fourth-order valence-corrected chi connectivity index (χ4v) is 1.79. The van der Waals surface area contributed by atoms with Gasteiger partial charge in [0.2, 0.25) is 0 Å². The van der Waals surface area contributed by atoms with Crippen molar-refractivity contribution >= 4 is 12.1 Å². The Kier molecular flexibility index (Phi) is 4.52. The molecule has 1 N–H and O–H groups in total. The van der Waals surface area contributed by atoms with Gasteiger partial charge in [0.15, 0.2) is 0 Å². The van der Waals surface area contributed by atoms with Crippen molar-refractivity contribution < 1.29 is 23.8 Å². The molecule has 0 spiro atoms. The summed E-state index contributed by atoms with van der Waals surface area (Å²) in [6.45, 7) is 2.22. The fourth-order valence-electron chi connectivity index (χ4n) is 1.79. The summed E-state index contributed by atoms with van der Waals surface area (Å²) in [5.41, 5.74) is 0. The minimum atomic E-state index is -1.28. The summed E-state index contributed by atoms with van der Waals surface area (Å²) in [4.78, 5) is 23.0. The summed E-state index contributed by atoms with van der Waals surface area (Å²) in [5.74, 6) is -1.50. The molecule has 1 fully saturated rings. The third-order valence-corrected chi connectivity index (χ3v) is 2.64. The van der Waals surface area contributed by atoms with Crippen LogP contribution in [-0.2, 0) is 9.53 Å². The van der Waals surface area contributed by atoms with Crippen molar-refractivity contribution in [2.45, 2.75) is 25.9 Å². The van der Waals surface area contributed by atoms with Crippen LogP contribution < -0.4 is 0 Å². The first-order chi connectivity index (χ1) is 7.54. The van der Waals surface area contributed by atoms with E-state index in [1.165, 1.54) is 4.90 Å². The van der Waals surface area contributed by atoms with E-state index in [0.717, 1.165) is 0 Å². The normalized spacial score (nSPS) is 25.2. The molecule has 0 aromatic heterocycles. The van der Waals surface area contributed by atoms with Crippen LogP contribution in [-0.4, -0.2) is 47.9 Å². The molecule has 0 radical (unpaired) electrons. The van der Waals surface area contributed by atoms with Gasteiger partial charge >= 0.3 is 12.1 Å². The van der Waals surface area contributed by atoms with Gasteiger partial charge in [-0.15, -0.1) is 0 Å². The number of ether oxygens (including phenoxy) is 1. The number of carboxylic acids is 1. The van der Waals surface area contributed by atoms with Crippen molar-refractivity contribution in [3.8, 4) is 0 Å². The molecule has 0 saturated carbocycles. The van der Waals surface area contributed by atoms with Crippen LogP contribution >= 0.6 is 0 Å². The number of aliphatic carboxylic acids is 1. The largest absolute Gasteiger partial charge is 0.481 e. The Labute approximate surface area is 93.2 Å². The highest BCUT2D eigenvalue weighted by atomic mass is 19.1. The quantitative estimate of drug-likeness (QED) is 0.797. The van der Waals surface area contributed by atoms with E-state index in [0.29, 0.717) is 13.0 Å². The van der Waals surface area contributed by atoms with Gasteiger partial charge in [-0.3, -0.25) is 4.79 Å². The average molecular weight is 233 g/mol. The standard InChI is InChI=1S/C10H16FNO4/c1-2-16-10(15)12-4-3-7(5-9(13)14)8(11)6-12/h7-8H,2-6H2,1H3,(H,13,14). The van der Waals surface area contributed by atoms with Crippen LogP contribution in [0, 0.1) is 5.92 Å². The molecular formula is C10H16FNO4. The number of amides is 1. The predicted octanol–water partition coefficient (Wildman–Crippen LogP) is 1.28. The minimum Gasteiger partial charge on any atom is -0.481 e. The molecule has 92 valence electrons. The monoisotopic (exact) mass is 233 g/mol. The van der Waals surface area contributed by atoms with Gasteiger partial charge in [-0.1, -0.05) is 0 Å². The number of alkyl halides is 1. The number of rotatable bonds is 3. The van der Waals surface area contributed by atoms with Crippen molar-refractivity contribution in [1.82, 2.24) is 4.90 Å². The molecule has 1 aliphatic rings. The molecule has 16 heavy (non-hydrogen) atoms. The van der Waals surface area contributed by atoms with Crippen molar-refractivity contribution in [3.05, 3.63) is 0 Å². The van der Waals surface area contributed by atoms with Crippen molar-refractivity contribution in [1.29, 1.82) is 0 Å². The van der Waals surface area contributed by atoms with E-state index in [1.807, 2.05) is 0 Å². The third kappa shape index (κ3) is 3.36. The highest BCUT2D eigenvalue weighted by Crippen LogP contribution is 2.24. The molecule has 1 heterocycles. The van der Waals surface area contributed by atoms with Crippen molar-refractivity contribution in [2.75, 3.05) is 19.7 Å². The zero-order valence-electron chi connectivity index (χ0n) is 9.19. The zero-order chi connectivity index (χ0) is 12.1. The number of hydrogen-bond acceptors (Lipinski definition) is 3. The Morgan fingerprint density at radius 1 is 1.56 bits per heavy atom. The van der Waals surface area contributed by atoms with E-state index in [2.05, 4.69) is 0 Å². The lowest BCUT2D eigenvalue weighted by Crippen LogP contribution is -2.45. The predicted molar refractivity (Wildman–Crippen MR) is 53.9 cm³/mol. The van der Waals surface area contributed by atoms with Gasteiger partial charge in [0.25, 0.3) is 0 Å². The first-order valence-electron chi connectivity index (χ1n) is 5.32. The highest BCUT2D eigenvalue weighted by molar-refractivity contribution is 5.68. The van der Waals surface area contributed by atoms with E-state index in [-0.39, 0.29) is 19.6 Å². The number of carbonyl (C=O) groups excluding carboxylic acids is 1. The van der Waals surface area contributed by atoms with Gasteiger partial charge in [-0.25, -0.2) is 9.18 Å². The molecule has 1 amide bonds. The Bertz CT molecular complexity index is 272. The van der Waals surface area contributed by atoms with Crippen LogP contribution in [0.15, 0.2) is 0 Å². The van der Waals surface area contributed by atoms with Gasteiger partial charge in [-0.05, 0) is 13.3 Å². The number of piperidine rings is 1. The van der Waals surface area contributed by atoms with E-state index in [4.69, 9.17) is 9.84 Å². The second-order valence-corrected chi connectivity index (χ2v) is 3.81. The summed E-state index contributed by atoms with van der Waals surface area (Å²) in [6.07, 6.45) is -1.63. The Morgan fingerprint density at radius 3 is 2.75 bits per heavy atom. The maximum atomic E-state index is 13.5. The Balaban J connectivity index is 2.44. The van der Waals surface area contributed by atoms with Gasteiger partial charge < -0.3 is 14.7 Å². The fraction of sp³-hybridized carbons (Fsp3) is 0.800. The smallest absolute Gasteiger partial charge is 0.409 e. The first-order valence-corrected chi connectivity index (χ1v) is 5.32. The van der Waals surface area contributed by atoms with Gasteiger partial charge in [0.1, 0.15) is 6.17 Å². The third-order valence-electron chi connectivity index (χ3n) is 2.64. The topological polar surface area (TPSA) is 66.8 Å². The molecule has 1 rings (SSSR count). The second-order valence-electron chi connectivity index (χ2n) is 3.81. The van der Waals surface area contributed by atoms with E-state index >= 15 is 0 Å². The molecule has 1 saturated heterocycles. The van der Waals surface area contributed by atoms with E-state index in [9.17, 15) is 14.0 Å². The molecular weight excluding hydrogens is 217 g/mol. The summed E-state index contributed by atoms with van der Waals surface area (Å²) < 4.78 is 18.3. The summed E-state index contributed by atoms with van der Waals surface area (Å²) in [6, 6.07) is 0. The van der Waals surface area contributed by atoms with E-state index < -0.39 is 24.2 Å². The number of halogens is 1. The van der Waals surface area contributed by atoms with Gasteiger partial charge in [-0.2, -0.15) is 0 Å². The number of nitrogens with zero attached hydrogens (tertiary/aromatic N) is 1. The first kappa shape index (κ1) is 12.7. The maximum Gasteiger partial charge on any atom is 0.409 e. The minimum absolute atomic E-state index is 0.0726. The molecule has 5 nitrogen and oxygen atoms in total. The van der Waals surface area contributed by atoms with E-state index in [1.54, 1.807) is 6.92 Å². The van der Waals surface area contributed by atoms with Crippen LogP contribution in [0.5, 0.6) is 0 Å². The lowest BCUT2D eigenvalue weighted by molar-refractivity contribution is -0.139. The van der Waals surface area contributed by atoms with Crippen LogP contribution in [0.1, 0.15) is 19.8 Å². The molecule has 0 aliphatic carbocycles. The maximum absolute atomic E-state index is 13.5. The van der Waals surface area contributed by atoms with Gasteiger partial charge in [0.05, 0.1) is 19.6 Å². The van der Waals surface area contributed by atoms with Crippen molar-refractivity contribution in [2.24, 2.45) is 5.92 Å². The van der Waals surface area contributed by atoms with Crippen LogP contribution in [0.3, 0.4) is 0 Å². The summed E-state index contributed by atoms with van der Waals surface area (Å²) in [7, 11) is 0. The SMILES string of the molecule is CCOC(=O)N1CCC(CC(=O)O)C(F)C1.